The number of benzene rings is 1. The number of aliphatic carboxylic acids is 1. The summed E-state index contributed by atoms with van der Waals surface area (Å²) in [6, 6.07) is 9.84. The van der Waals surface area contributed by atoms with E-state index in [1.807, 2.05) is 30.3 Å². The first kappa shape index (κ1) is 16.0. The van der Waals surface area contributed by atoms with Crippen LogP contribution in [0.1, 0.15) is 50.5 Å². The van der Waals surface area contributed by atoms with Crippen LogP contribution in [0.4, 0.5) is 0 Å². The molecule has 1 atom stereocenters. The molecular formula is C19H25NO3. The highest BCUT2D eigenvalue weighted by molar-refractivity contribution is 5.99. The SMILES string of the molecule is O=C(O)C(C(=O)N1CCCC1)C1(c2ccccc2)CCCCC1. The van der Waals surface area contributed by atoms with E-state index >= 15 is 0 Å². The second-order valence-corrected chi connectivity index (χ2v) is 6.89. The van der Waals surface area contributed by atoms with Crippen LogP contribution in [0.3, 0.4) is 0 Å². The third-order valence-electron chi connectivity index (χ3n) is 5.56. The molecule has 4 heteroatoms. The van der Waals surface area contributed by atoms with Crippen LogP contribution in [0.5, 0.6) is 0 Å². The summed E-state index contributed by atoms with van der Waals surface area (Å²) in [4.78, 5) is 26.9. The van der Waals surface area contributed by atoms with Crippen molar-refractivity contribution in [2.75, 3.05) is 13.1 Å². The Labute approximate surface area is 137 Å². The van der Waals surface area contributed by atoms with Gasteiger partial charge >= 0.3 is 5.97 Å². The van der Waals surface area contributed by atoms with Crippen LogP contribution in [0, 0.1) is 5.92 Å². The minimum absolute atomic E-state index is 0.180. The second-order valence-electron chi connectivity index (χ2n) is 6.89. The Hall–Kier alpha value is -1.84. The average molecular weight is 315 g/mol. The maximum atomic E-state index is 13.0. The number of nitrogens with zero attached hydrogens (tertiary/aromatic N) is 1. The molecule has 1 amide bonds. The summed E-state index contributed by atoms with van der Waals surface area (Å²) < 4.78 is 0. The number of carbonyl (C=O) groups excluding carboxylic acids is 1. The Morgan fingerprint density at radius 3 is 2.13 bits per heavy atom. The lowest BCUT2D eigenvalue weighted by Gasteiger charge is -2.42. The summed E-state index contributed by atoms with van der Waals surface area (Å²) in [6.45, 7) is 1.40. The van der Waals surface area contributed by atoms with Gasteiger partial charge in [0.05, 0.1) is 0 Å². The summed E-state index contributed by atoms with van der Waals surface area (Å²) >= 11 is 0. The van der Waals surface area contributed by atoms with Crippen molar-refractivity contribution in [3.05, 3.63) is 35.9 Å². The number of carbonyl (C=O) groups is 2. The summed E-state index contributed by atoms with van der Waals surface area (Å²) in [7, 11) is 0. The predicted octanol–water partition coefficient (Wildman–Crippen LogP) is 3.21. The number of likely N-dealkylation sites (tertiary alicyclic amines) is 1. The van der Waals surface area contributed by atoms with Crippen molar-refractivity contribution in [2.24, 2.45) is 5.92 Å². The van der Waals surface area contributed by atoms with Gasteiger partial charge in [0.2, 0.25) is 5.91 Å². The number of carboxylic acids is 1. The van der Waals surface area contributed by atoms with Crippen LogP contribution in [0.15, 0.2) is 30.3 Å². The van der Waals surface area contributed by atoms with E-state index in [1.54, 1.807) is 4.90 Å². The molecule has 0 radical (unpaired) electrons. The van der Waals surface area contributed by atoms with E-state index in [4.69, 9.17) is 0 Å². The maximum Gasteiger partial charge on any atom is 0.316 e. The summed E-state index contributed by atoms with van der Waals surface area (Å²) in [5.74, 6) is -2.10. The number of amides is 1. The number of hydrogen-bond donors (Lipinski definition) is 1. The molecule has 0 bridgehead atoms. The third kappa shape index (κ3) is 2.99. The van der Waals surface area contributed by atoms with Gasteiger partial charge in [0.15, 0.2) is 0 Å². The van der Waals surface area contributed by atoms with Gasteiger partial charge in [0.25, 0.3) is 0 Å². The molecule has 0 spiro atoms. The van der Waals surface area contributed by atoms with Gasteiger partial charge in [-0.15, -0.1) is 0 Å². The first-order valence-electron chi connectivity index (χ1n) is 8.72. The lowest BCUT2D eigenvalue weighted by atomic mass is 9.61. The molecule has 1 saturated heterocycles. The fourth-order valence-electron chi connectivity index (χ4n) is 4.40. The molecule has 4 nitrogen and oxygen atoms in total. The number of carboxylic acid groups (broad SMARTS) is 1. The van der Waals surface area contributed by atoms with Gasteiger partial charge in [-0.05, 0) is 31.2 Å². The summed E-state index contributed by atoms with van der Waals surface area (Å²) in [6.07, 6.45) is 6.64. The van der Waals surface area contributed by atoms with E-state index in [1.165, 1.54) is 0 Å². The molecule has 2 fully saturated rings. The second kappa shape index (κ2) is 6.73. The molecule has 1 unspecified atom stereocenters. The summed E-state index contributed by atoms with van der Waals surface area (Å²) in [5.41, 5.74) is 0.463. The van der Waals surface area contributed by atoms with Crippen molar-refractivity contribution < 1.29 is 14.7 Å². The molecule has 1 saturated carbocycles. The van der Waals surface area contributed by atoms with Crippen LogP contribution in [0.2, 0.25) is 0 Å². The molecule has 2 aliphatic rings. The van der Waals surface area contributed by atoms with Gasteiger partial charge in [-0.25, -0.2) is 0 Å². The van der Waals surface area contributed by atoms with Gasteiger partial charge in [-0.3, -0.25) is 9.59 Å². The van der Waals surface area contributed by atoms with Crippen LogP contribution >= 0.6 is 0 Å². The molecule has 1 aliphatic carbocycles. The highest BCUT2D eigenvalue weighted by Crippen LogP contribution is 2.46. The van der Waals surface area contributed by atoms with E-state index in [0.717, 1.165) is 50.5 Å². The average Bonchev–Trinajstić information content (AvgIpc) is 3.11. The van der Waals surface area contributed by atoms with Crippen molar-refractivity contribution in [2.45, 2.75) is 50.4 Å². The van der Waals surface area contributed by atoms with Crippen LogP contribution in [-0.2, 0) is 15.0 Å². The fraction of sp³-hybridized carbons (Fsp3) is 0.579. The van der Waals surface area contributed by atoms with E-state index < -0.39 is 17.3 Å². The fourth-order valence-corrected chi connectivity index (χ4v) is 4.40. The lowest BCUT2D eigenvalue weighted by Crippen LogP contribution is -2.50. The first-order chi connectivity index (χ1) is 11.1. The van der Waals surface area contributed by atoms with Crippen molar-refractivity contribution in [3.8, 4) is 0 Å². The van der Waals surface area contributed by atoms with E-state index in [9.17, 15) is 14.7 Å². The quantitative estimate of drug-likeness (QED) is 0.868. The van der Waals surface area contributed by atoms with Crippen LogP contribution in [0.25, 0.3) is 0 Å². The number of hydrogen-bond acceptors (Lipinski definition) is 2. The van der Waals surface area contributed by atoms with Gasteiger partial charge in [0.1, 0.15) is 5.92 Å². The van der Waals surface area contributed by atoms with Gasteiger partial charge in [0, 0.05) is 18.5 Å². The minimum Gasteiger partial charge on any atom is -0.481 e. The predicted molar refractivity (Wildman–Crippen MR) is 88.1 cm³/mol. The molecule has 124 valence electrons. The van der Waals surface area contributed by atoms with Crippen molar-refractivity contribution in [1.82, 2.24) is 4.90 Å². The van der Waals surface area contributed by atoms with Crippen molar-refractivity contribution in [3.63, 3.8) is 0 Å². The normalized spacial score (nSPS) is 21.8. The molecule has 1 aromatic carbocycles. The van der Waals surface area contributed by atoms with Crippen LogP contribution in [-0.4, -0.2) is 35.0 Å². The van der Waals surface area contributed by atoms with Gasteiger partial charge < -0.3 is 10.0 Å². The zero-order valence-corrected chi connectivity index (χ0v) is 13.5. The Morgan fingerprint density at radius 2 is 1.57 bits per heavy atom. The Morgan fingerprint density at radius 1 is 0.957 bits per heavy atom. The first-order valence-corrected chi connectivity index (χ1v) is 8.72. The highest BCUT2D eigenvalue weighted by Gasteiger charge is 2.50. The molecular weight excluding hydrogens is 290 g/mol. The Balaban J connectivity index is 2.01. The highest BCUT2D eigenvalue weighted by atomic mass is 16.4. The third-order valence-corrected chi connectivity index (χ3v) is 5.56. The zero-order chi connectivity index (χ0) is 16.3. The Bertz CT molecular complexity index is 557. The molecule has 1 aliphatic heterocycles. The van der Waals surface area contributed by atoms with Crippen molar-refractivity contribution in [1.29, 1.82) is 0 Å². The van der Waals surface area contributed by atoms with Crippen LogP contribution < -0.4 is 0 Å². The van der Waals surface area contributed by atoms with E-state index in [2.05, 4.69) is 0 Å². The molecule has 1 N–H and O–H groups in total. The molecule has 3 rings (SSSR count). The maximum absolute atomic E-state index is 13.0. The number of rotatable bonds is 4. The van der Waals surface area contributed by atoms with Crippen molar-refractivity contribution >= 4 is 11.9 Å². The molecule has 1 aromatic rings. The van der Waals surface area contributed by atoms with Gasteiger partial charge in [-0.1, -0.05) is 49.6 Å². The lowest BCUT2D eigenvalue weighted by molar-refractivity contribution is -0.155. The largest absolute Gasteiger partial charge is 0.481 e. The molecule has 0 aromatic heterocycles. The minimum atomic E-state index is -0.965. The molecule has 1 heterocycles. The Kier molecular flexibility index (Phi) is 4.69. The zero-order valence-electron chi connectivity index (χ0n) is 13.5. The topological polar surface area (TPSA) is 57.6 Å². The smallest absolute Gasteiger partial charge is 0.316 e. The van der Waals surface area contributed by atoms with E-state index in [-0.39, 0.29) is 5.91 Å². The standard InChI is InChI=1S/C19H25NO3/c21-17(20-13-7-8-14-20)16(18(22)23)19(11-5-2-6-12-19)15-9-3-1-4-10-15/h1,3-4,9-10,16H,2,5-8,11-14H2,(H,22,23). The monoisotopic (exact) mass is 315 g/mol. The van der Waals surface area contributed by atoms with Gasteiger partial charge in [-0.2, -0.15) is 0 Å². The van der Waals surface area contributed by atoms with E-state index in [0.29, 0.717) is 13.1 Å². The summed E-state index contributed by atoms with van der Waals surface area (Å²) in [5, 5.41) is 9.94. The molecule has 23 heavy (non-hydrogen) atoms.